The normalized spacial score (nSPS) is 9.82. The van der Waals surface area contributed by atoms with Crippen molar-refractivity contribution in [1.29, 1.82) is 5.26 Å². The van der Waals surface area contributed by atoms with Gasteiger partial charge in [-0.05, 0) is 29.9 Å². The molecule has 1 N–H and O–H groups in total. The lowest BCUT2D eigenvalue weighted by molar-refractivity contribution is 0.745. The molecule has 2 aromatic rings. The summed E-state index contributed by atoms with van der Waals surface area (Å²) in [6.07, 6.45) is 1.64. The Morgan fingerprint density at radius 3 is 2.94 bits per heavy atom. The van der Waals surface area contributed by atoms with E-state index in [-0.39, 0.29) is 5.56 Å². The molecule has 4 nitrogen and oxygen atoms in total. The van der Waals surface area contributed by atoms with Gasteiger partial charge in [-0.15, -0.1) is 0 Å². The molecule has 1 aromatic carbocycles. The molecule has 2 rings (SSSR count). The van der Waals surface area contributed by atoms with Crippen LogP contribution in [0.3, 0.4) is 0 Å². The van der Waals surface area contributed by atoms with Crippen molar-refractivity contribution in [3.8, 4) is 6.07 Å². The second kappa shape index (κ2) is 4.76. The van der Waals surface area contributed by atoms with Crippen molar-refractivity contribution in [1.82, 2.24) is 9.55 Å². The van der Waals surface area contributed by atoms with E-state index in [4.69, 9.17) is 17.5 Å². The zero-order valence-electron chi connectivity index (χ0n) is 8.88. The van der Waals surface area contributed by atoms with Crippen LogP contribution in [0.2, 0.25) is 0 Å². The zero-order valence-corrected chi connectivity index (χ0v) is 9.70. The van der Waals surface area contributed by atoms with Crippen LogP contribution in [-0.2, 0) is 6.54 Å². The topological polar surface area (TPSA) is 61.6 Å². The van der Waals surface area contributed by atoms with Crippen molar-refractivity contribution in [3.63, 3.8) is 0 Å². The number of nitriles is 1. The molecule has 0 atom stereocenters. The van der Waals surface area contributed by atoms with E-state index in [0.29, 0.717) is 16.9 Å². The van der Waals surface area contributed by atoms with Gasteiger partial charge in [0.05, 0.1) is 11.6 Å². The SMILES string of the molecule is N#Cc1cccc(Cn2ccc(=O)[nH]c2=S)c1. The summed E-state index contributed by atoms with van der Waals surface area (Å²) < 4.78 is 2.12. The van der Waals surface area contributed by atoms with Crippen LogP contribution < -0.4 is 5.56 Å². The molecule has 0 aliphatic carbocycles. The average molecular weight is 243 g/mol. The Bertz CT molecular complexity index is 694. The molecule has 0 fully saturated rings. The van der Waals surface area contributed by atoms with E-state index in [0.717, 1.165) is 5.56 Å². The number of hydrogen-bond donors (Lipinski definition) is 1. The minimum Gasteiger partial charge on any atom is -0.321 e. The molecule has 0 radical (unpaired) electrons. The smallest absolute Gasteiger partial charge is 0.251 e. The molecule has 0 saturated carbocycles. The molecule has 0 aliphatic heterocycles. The fourth-order valence-electron chi connectivity index (χ4n) is 1.50. The number of nitrogens with one attached hydrogen (secondary N) is 1. The van der Waals surface area contributed by atoms with Crippen molar-refractivity contribution < 1.29 is 0 Å². The summed E-state index contributed by atoms with van der Waals surface area (Å²) in [5.74, 6) is 0. The summed E-state index contributed by atoms with van der Waals surface area (Å²) >= 11 is 5.04. The monoisotopic (exact) mass is 243 g/mol. The molecule has 0 bridgehead atoms. The summed E-state index contributed by atoms with van der Waals surface area (Å²) in [7, 11) is 0. The molecule has 0 saturated heterocycles. The van der Waals surface area contributed by atoms with Crippen LogP contribution in [0, 0.1) is 16.1 Å². The number of H-pyrrole nitrogens is 1. The molecule has 84 valence electrons. The van der Waals surface area contributed by atoms with E-state index in [1.54, 1.807) is 22.9 Å². The van der Waals surface area contributed by atoms with Crippen LogP contribution in [0.4, 0.5) is 0 Å². The van der Waals surface area contributed by atoms with E-state index >= 15 is 0 Å². The molecule has 1 aromatic heterocycles. The van der Waals surface area contributed by atoms with Gasteiger partial charge in [0.25, 0.3) is 5.56 Å². The van der Waals surface area contributed by atoms with Gasteiger partial charge in [0.2, 0.25) is 0 Å². The van der Waals surface area contributed by atoms with E-state index in [1.807, 2.05) is 12.1 Å². The van der Waals surface area contributed by atoms with E-state index < -0.39 is 0 Å². The third-order valence-electron chi connectivity index (χ3n) is 2.31. The maximum Gasteiger partial charge on any atom is 0.251 e. The van der Waals surface area contributed by atoms with Crippen LogP contribution in [0.1, 0.15) is 11.1 Å². The van der Waals surface area contributed by atoms with Gasteiger partial charge in [-0.3, -0.25) is 9.78 Å². The highest BCUT2D eigenvalue weighted by Gasteiger charge is 1.98. The van der Waals surface area contributed by atoms with Gasteiger partial charge in [0.1, 0.15) is 0 Å². The molecule has 0 spiro atoms. The Morgan fingerprint density at radius 2 is 2.24 bits per heavy atom. The number of hydrogen-bond acceptors (Lipinski definition) is 3. The third kappa shape index (κ3) is 2.68. The van der Waals surface area contributed by atoms with Crippen molar-refractivity contribution in [2.24, 2.45) is 0 Å². The van der Waals surface area contributed by atoms with Gasteiger partial charge in [0, 0.05) is 18.8 Å². The van der Waals surface area contributed by atoms with Crippen LogP contribution >= 0.6 is 12.2 Å². The van der Waals surface area contributed by atoms with Crippen LogP contribution in [0.15, 0.2) is 41.3 Å². The zero-order chi connectivity index (χ0) is 12.3. The van der Waals surface area contributed by atoms with Crippen molar-refractivity contribution in [2.75, 3.05) is 0 Å². The van der Waals surface area contributed by atoms with Crippen molar-refractivity contribution >= 4 is 12.2 Å². The highest BCUT2D eigenvalue weighted by Crippen LogP contribution is 2.06. The standard InChI is InChI=1S/C12H9N3OS/c13-7-9-2-1-3-10(6-9)8-15-5-4-11(16)14-12(15)17/h1-6H,8H2,(H,14,16,17). The molecular weight excluding hydrogens is 234 g/mol. The summed E-state index contributed by atoms with van der Waals surface area (Å²) in [4.78, 5) is 13.6. The Morgan fingerprint density at radius 1 is 1.41 bits per heavy atom. The Labute approximate surface area is 103 Å². The highest BCUT2D eigenvalue weighted by atomic mass is 32.1. The number of rotatable bonds is 2. The molecule has 0 aliphatic rings. The third-order valence-corrected chi connectivity index (χ3v) is 2.64. The largest absolute Gasteiger partial charge is 0.321 e. The number of aromatic nitrogens is 2. The molecular formula is C12H9N3OS. The number of nitrogens with zero attached hydrogens (tertiary/aromatic N) is 2. The lowest BCUT2D eigenvalue weighted by Crippen LogP contribution is -2.11. The first-order chi connectivity index (χ1) is 8.19. The summed E-state index contributed by atoms with van der Waals surface area (Å²) in [5.41, 5.74) is 1.36. The number of aromatic amines is 1. The predicted molar refractivity (Wildman–Crippen MR) is 66.1 cm³/mol. The van der Waals surface area contributed by atoms with Gasteiger partial charge < -0.3 is 4.57 Å². The molecule has 5 heteroatoms. The van der Waals surface area contributed by atoms with Gasteiger partial charge in [0.15, 0.2) is 4.77 Å². The maximum absolute atomic E-state index is 11.0. The Balaban J connectivity index is 2.35. The molecule has 0 unspecified atom stereocenters. The van der Waals surface area contributed by atoms with Gasteiger partial charge >= 0.3 is 0 Å². The lowest BCUT2D eigenvalue weighted by Gasteiger charge is -2.06. The summed E-state index contributed by atoms with van der Waals surface area (Å²) in [6.45, 7) is 0.533. The predicted octanol–water partition coefficient (Wildman–Crippen LogP) is 1.83. The Kier molecular flexibility index (Phi) is 3.17. The fourth-order valence-corrected chi connectivity index (χ4v) is 1.73. The number of benzene rings is 1. The quantitative estimate of drug-likeness (QED) is 0.818. The van der Waals surface area contributed by atoms with E-state index in [1.165, 1.54) is 6.07 Å². The van der Waals surface area contributed by atoms with Crippen LogP contribution in [-0.4, -0.2) is 9.55 Å². The summed E-state index contributed by atoms with van der Waals surface area (Å²) in [5, 5.41) is 8.79. The van der Waals surface area contributed by atoms with E-state index in [2.05, 4.69) is 11.1 Å². The van der Waals surface area contributed by atoms with E-state index in [9.17, 15) is 4.79 Å². The summed E-state index contributed by atoms with van der Waals surface area (Å²) in [6, 6.07) is 10.8. The van der Waals surface area contributed by atoms with Gasteiger partial charge in [-0.1, -0.05) is 12.1 Å². The molecule has 1 heterocycles. The van der Waals surface area contributed by atoms with Gasteiger partial charge in [-0.25, -0.2) is 0 Å². The second-order valence-electron chi connectivity index (χ2n) is 3.55. The average Bonchev–Trinajstić information content (AvgIpc) is 2.33. The van der Waals surface area contributed by atoms with Crippen LogP contribution in [0.25, 0.3) is 0 Å². The minimum atomic E-state index is -0.211. The van der Waals surface area contributed by atoms with Crippen molar-refractivity contribution in [3.05, 3.63) is 62.8 Å². The maximum atomic E-state index is 11.0. The molecule has 17 heavy (non-hydrogen) atoms. The van der Waals surface area contributed by atoms with Gasteiger partial charge in [-0.2, -0.15) is 5.26 Å². The second-order valence-corrected chi connectivity index (χ2v) is 3.94. The first kappa shape index (κ1) is 11.3. The minimum absolute atomic E-state index is 0.211. The lowest BCUT2D eigenvalue weighted by atomic mass is 10.1. The first-order valence-corrected chi connectivity index (χ1v) is 5.39. The Hall–Kier alpha value is -2.19. The highest BCUT2D eigenvalue weighted by molar-refractivity contribution is 7.71. The van der Waals surface area contributed by atoms with Crippen LogP contribution in [0.5, 0.6) is 0 Å². The first-order valence-electron chi connectivity index (χ1n) is 4.98. The molecule has 0 amide bonds. The van der Waals surface area contributed by atoms with Crippen molar-refractivity contribution in [2.45, 2.75) is 6.54 Å². The fraction of sp³-hybridized carbons (Fsp3) is 0.0833.